The highest BCUT2D eigenvalue weighted by atomic mass is 16.5. The van der Waals surface area contributed by atoms with Crippen LogP contribution in [0.15, 0.2) is 41.0 Å². The number of benzene rings is 1. The zero-order valence-corrected chi connectivity index (χ0v) is 11.0. The molecular formula is C14H17N3O2. The molecule has 0 spiro atoms. The molecule has 0 aliphatic rings. The topological polar surface area (TPSA) is 70.3 Å². The van der Waals surface area contributed by atoms with Crippen molar-refractivity contribution >= 4 is 11.5 Å². The van der Waals surface area contributed by atoms with Crippen LogP contribution < -0.4 is 15.4 Å². The SMILES string of the molecule is CNCc1cc(NC(=N)c2ccco2)ccc1OC. The van der Waals surface area contributed by atoms with E-state index in [4.69, 9.17) is 14.6 Å². The number of amidine groups is 1. The van der Waals surface area contributed by atoms with Gasteiger partial charge in [-0.3, -0.25) is 5.41 Å². The maximum atomic E-state index is 7.90. The minimum atomic E-state index is 0.227. The van der Waals surface area contributed by atoms with Crippen molar-refractivity contribution in [3.05, 3.63) is 47.9 Å². The molecule has 2 aromatic rings. The largest absolute Gasteiger partial charge is 0.496 e. The Morgan fingerprint density at radius 1 is 1.37 bits per heavy atom. The summed E-state index contributed by atoms with van der Waals surface area (Å²) in [6, 6.07) is 9.20. The quantitative estimate of drug-likeness (QED) is 0.570. The molecule has 3 N–H and O–H groups in total. The van der Waals surface area contributed by atoms with Gasteiger partial charge in [0.1, 0.15) is 5.75 Å². The molecule has 0 saturated carbocycles. The predicted octanol–water partition coefficient (Wildman–Crippen LogP) is 2.45. The number of nitrogens with one attached hydrogen (secondary N) is 3. The maximum Gasteiger partial charge on any atom is 0.168 e. The normalized spacial score (nSPS) is 10.2. The second-order valence-corrected chi connectivity index (χ2v) is 4.03. The molecular weight excluding hydrogens is 242 g/mol. The Morgan fingerprint density at radius 2 is 2.21 bits per heavy atom. The molecule has 1 heterocycles. The van der Waals surface area contributed by atoms with Gasteiger partial charge in [-0.15, -0.1) is 0 Å². The third-order valence-electron chi connectivity index (χ3n) is 2.68. The highest BCUT2D eigenvalue weighted by molar-refractivity contribution is 6.04. The first-order valence-electron chi connectivity index (χ1n) is 5.95. The van der Waals surface area contributed by atoms with Gasteiger partial charge >= 0.3 is 0 Å². The Bertz CT molecular complexity index is 550. The van der Waals surface area contributed by atoms with Crippen molar-refractivity contribution in [3.8, 4) is 5.75 Å². The first-order chi connectivity index (χ1) is 9.24. The summed E-state index contributed by atoms with van der Waals surface area (Å²) in [5.74, 6) is 1.56. The maximum absolute atomic E-state index is 7.90. The number of ether oxygens (including phenoxy) is 1. The van der Waals surface area contributed by atoms with E-state index < -0.39 is 0 Å². The zero-order chi connectivity index (χ0) is 13.7. The van der Waals surface area contributed by atoms with Crippen LogP contribution in [0.25, 0.3) is 0 Å². The average Bonchev–Trinajstić information content (AvgIpc) is 2.93. The van der Waals surface area contributed by atoms with Crippen molar-refractivity contribution in [2.75, 3.05) is 19.5 Å². The standard InChI is InChI=1S/C14H17N3O2/c1-16-9-10-8-11(5-6-12(10)18-2)17-14(15)13-4-3-7-19-13/h3-8,16H,9H2,1-2H3,(H2,15,17). The summed E-state index contributed by atoms with van der Waals surface area (Å²) in [5, 5.41) is 14.0. The smallest absolute Gasteiger partial charge is 0.168 e. The predicted molar refractivity (Wildman–Crippen MR) is 74.9 cm³/mol. The number of methoxy groups -OCH3 is 1. The van der Waals surface area contributed by atoms with Crippen molar-refractivity contribution in [2.24, 2.45) is 0 Å². The molecule has 19 heavy (non-hydrogen) atoms. The number of hydrogen-bond donors (Lipinski definition) is 3. The molecule has 1 aromatic carbocycles. The van der Waals surface area contributed by atoms with Gasteiger partial charge in [0.2, 0.25) is 0 Å². The third-order valence-corrected chi connectivity index (χ3v) is 2.68. The summed E-state index contributed by atoms with van der Waals surface area (Å²) in [6.07, 6.45) is 1.55. The molecule has 5 heteroatoms. The Kier molecular flexibility index (Phi) is 4.20. The molecule has 0 saturated heterocycles. The van der Waals surface area contributed by atoms with E-state index in [1.54, 1.807) is 25.5 Å². The van der Waals surface area contributed by atoms with Crippen molar-refractivity contribution in [1.82, 2.24) is 5.32 Å². The lowest BCUT2D eigenvalue weighted by Crippen LogP contribution is -2.12. The van der Waals surface area contributed by atoms with Crippen LogP contribution in [0.4, 0.5) is 5.69 Å². The van der Waals surface area contributed by atoms with E-state index in [1.807, 2.05) is 25.2 Å². The molecule has 1 aromatic heterocycles. The van der Waals surface area contributed by atoms with Crippen LogP contribution in [0, 0.1) is 5.41 Å². The van der Waals surface area contributed by atoms with Gasteiger partial charge in [0, 0.05) is 17.8 Å². The van der Waals surface area contributed by atoms with Gasteiger partial charge < -0.3 is 19.8 Å². The number of furan rings is 1. The fourth-order valence-corrected chi connectivity index (χ4v) is 1.81. The van der Waals surface area contributed by atoms with Crippen LogP contribution in [-0.2, 0) is 6.54 Å². The number of rotatable bonds is 5. The number of hydrogen-bond acceptors (Lipinski definition) is 4. The van der Waals surface area contributed by atoms with Crippen LogP contribution in [0.2, 0.25) is 0 Å². The van der Waals surface area contributed by atoms with E-state index >= 15 is 0 Å². The fourth-order valence-electron chi connectivity index (χ4n) is 1.81. The van der Waals surface area contributed by atoms with Crippen LogP contribution >= 0.6 is 0 Å². The van der Waals surface area contributed by atoms with Gasteiger partial charge in [-0.1, -0.05) is 0 Å². The molecule has 0 bridgehead atoms. The molecule has 2 rings (SSSR count). The van der Waals surface area contributed by atoms with E-state index in [-0.39, 0.29) is 5.84 Å². The molecule has 0 aliphatic carbocycles. The molecule has 0 fully saturated rings. The number of anilines is 1. The second kappa shape index (κ2) is 6.06. The van der Waals surface area contributed by atoms with Crippen molar-refractivity contribution < 1.29 is 9.15 Å². The highest BCUT2D eigenvalue weighted by Crippen LogP contribution is 2.22. The Labute approximate surface area is 112 Å². The zero-order valence-electron chi connectivity index (χ0n) is 11.0. The first-order valence-corrected chi connectivity index (χ1v) is 5.95. The van der Waals surface area contributed by atoms with Gasteiger partial charge in [0.15, 0.2) is 11.6 Å². The van der Waals surface area contributed by atoms with Crippen LogP contribution in [-0.4, -0.2) is 20.0 Å². The summed E-state index contributed by atoms with van der Waals surface area (Å²) in [6.45, 7) is 0.701. The molecule has 0 amide bonds. The van der Waals surface area contributed by atoms with E-state index in [1.165, 1.54) is 0 Å². The van der Waals surface area contributed by atoms with Crippen LogP contribution in [0.1, 0.15) is 11.3 Å². The summed E-state index contributed by atoms with van der Waals surface area (Å²) in [7, 11) is 3.52. The average molecular weight is 259 g/mol. The summed E-state index contributed by atoms with van der Waals surface area (Å²) >= 11 is 0. The minimum absolute atomic E-state index is 0.227. The lowest BCUT2D eigenvalue weighted by molar-refractivity contribution is 0.408. The molecule has 0 aliphatic heterocycles. The molecule has 100 valence electrons. The monoisotopic (exact) mass is 259 g/mol. The van der Waals surface area contributed by atoms with E-state index in [0.717, 1.165) is 17.0 Å². The molecule has 0 atom stereocenters. The third kappa shape index (κ3) is 3.14. The van der Waals surface area contributed by atoms with Gasteiger partial charge in [-0.2, -0.15) is 0 Å². The molecule has 0 unspecified atom stereocenters. The van der Waals surface area contributed by atoms with Crippen molar-refractivity contribution in [3.63, 3.8) is 0 Å². The fraction of sp³-hybridized carbons (Fsp3) is 0.214. The second-order valence-electron chi connectivity index (χ2n) is 4.03. The highest BCUT2D eigenvalue weighted by Gasteiger charge is 2.07. The molecule has 5 nitrogen and oxygen atoms in total. The van der Waals surface area contributed by atoms with Gasteiger partial charge in [0.25, 0.3) is 0 Å². The van der Waals surface area contributed by atoms with Crippen molar-refractivity contribution in [1.29, 1.82) is 5.41 Å². The van der Waals surface area contributed by atoms with E-state index in [2.05, 4.69) is 10.6 Å². The van der Waals surface area contributed by atoms with E-state index in [9.17, 15) is 0 Å². The van der Waals surface area contributed by atoms with E-state index in [0.29, 0.717) is 12.3 Å². The van der Waals surface area contributed by atoms with Crippen LogP contribution in [0.5, 0.6) is 5.75 Å². The first kappa shape index (κ1) is 13.2. The minimum Gasteiger partial charge on any atom is -0.496 e. The Morgan fingerprint density at radius 3 is 2.84 bits per heavy atom. The molecule has 0 radical (unpaired) electrons. The summed E-state index contributed by atoms with van der Waals surface area (Å²) < 4.78 is 10.5. The van der Waals surface area contributed by atoms with Crippen LogP contribution in [0.3, 0.4) is 0 Å². The summed E-state index contributed by atoms with van der Waals surface area (Å²) in [4.78, 5) is 0. The Balaban J connectivity index is 2.16. The summed E-state index contributed by atoms with van der Waals surface area (Å²) in [5.41, 5.74) is 1.86. The van der Waals surface area contributed by atoms with Gasteiger partial charge in [-0.05, 0) is 37.4 Å². The lowest BCUT2D eigenvalue weighted by atomic mass is 10.1. The lowest BCUT2D eigenvalue weighted by Gasteiger charge is -2.11. The Hall–Kier alpha value is -2.27. The van der Waals surface area contributed by atoms with Gasteiger partial charge in [0.05, 0.1) is 13.4 Å². The van der Waals surface area contributed by atoms with Gasteiger partial charge in [-0.25, -0.2) is 0 Å². The van der Waals surface area contributed by atoms with Crippen molar-refractivity contribution in [2.45, 2.75) is 6.54 Å².